The Balaban J connectivity index is 2.09. The fourth-order valence-electron chi connectivity index (χ4n) is 2.36. The van der Waals surface area contributed by atoms with Gasteiger partial charge in [0, 0.05) is 12.0 Å². The molecule has 3 aromatic rings. The predicted molar refractivity (Wildman–Crippen MR) is 72.7 cm³/mol. The summed E-state index contributed by atoms with van der Waals surface area (Å²) < 4.78 is 56.1. The zero-order chi connectivity index (χ0) is 17.5. The Morgan fingerprint density at radius 3 is 2.58 bits per heavy atom. The van der Waals surface area contributed by atoms with Crippen molar-refractivity contribution in [2.45, 2.75) is 12.6 Å². The van der Waals surface area contributed by atoms with Crippen LogP contribution in [0.2, 0.25) is 0 Å². The number of aromatic nitrogens is 2. The standard InChI is InChI=1S/C14H7F4N3O3/c15-10-5-7(4-9(6-10)14(16,17)18)3-8-1-2-11-12(20-24-19-11)13(8)21(22)23/h1-2,4-6H,3H2. The van der Waals surface area contributed by atoms with E-state index in [1.54, 1.807) is 0 Å². The molecule has 0 saturated heterocycles. The smallest absolute Gasteiger partial charge is 0.258 e. The van der Waals surface area contributed by atoms with E-state index in [0.29, 0.717) is 6.07 Å². The van der Waals surface area contributed by atoms with E-state index >= 15 is 0 Å². The third kappa shape index (κ3) is 2.90. The van der Waals surface area contributed by atoms with Crippen LogP contribution in [0.5, 0.6) is 0 Å². The fourth-order valence-corrected chi connectivity index (χ4v) is 2.36. The Morgan fingerprint density at radius 2 is 1.92 bits per heavy atom. The van der Waals surface area contributed by atoms with Crippen LogP contribution < -0.4 is 0 Å². The average Bonchev–Trinajstić information content (AvgIpc) is 2.93. The molecule has 0 spiro atoms. The quantitative estimate of drug-likeness (QED) is 0.410. The van der Waals surface area contributed by atoms with Gasteiger partial charge >= 0.3 is 11.9 Å². The lowest BCUT2D eigenvalue weighted by molar-refractivity contribution is -0.383. The van der Waals surface area contributed by atoms with Gasteiger partial charge in [-0.2, -0.15) is 13.2 Å². The van der Waals surface area contributed by atoms with Crippen molar-refractivity contribution in [1.29, 1.82) is 0 Å². The van der Waals surface area contributed by atoms with Gasteiger partial charge in [-0.3, -0.25) is 10.1 Å². The molecule has 0 radical (unpaired) electrons. The van der Waals surface area contributed by atoms with Crippen molar-refractivity contribution < 1.29 is 27.1 Å². The van der Waals surface area contributed by atoms with E-state index in [2.05, 4.69) is 14.9 Å². The topological polar surface area (TPSA) is 82.1 Å². The molecule has 0 aliphatic heterocycles. The number of halogens is 4. The van der Waals surface area contributed by atoms with Crippen LogP contribution in [-0.4, -0.2) is 15.2 Å². The zero-order valence-electron chi connectivity index (χ0n) is 11.7. The van der Waals surface area contributed by atoms with Crippen molar-refractivity contribution >= 4 is 16.7 Å². The summed E-state index contributed by atoms with van der Waals surface area (Å²) in [4.78, 5) is 10.5. The lowest BCUT2D eigenvalue weighted by Gasteiger charge is -2.10. The number of alkyl halides is 3. The molecule has 2 aromatic carbocycles. The Morgan fingerprint density at radius 1 is 1.17 bits per heavy atom. The third-order valence-electron chi connectivity index (χ3n) is 3.35. The fraction of sp³-hybridized carbons (Fsp3) is 0.143. The molecule has 0 amide bonds. The SMILES string of the molecule is O=[N+]([O-])c1c(Cc2cc(F)cc(C(F)(F)F)c2)ccc2nonc12. The zero-order valence-corrected chi connectivity index (χ0v) is 11.7. The number of nitro groups is 1. The van der Waals surface area contributed by atoms with Crippen LogP contribution in [0.25, 0.3) is 11.0 Å². The van der Waals surface area contributed by atoms with Crippen molar-refractivity contribution in [3.8, 4) is 0 Å². The molecule has 124 valence electrons. The van der Waals surface area contributed by atoms with Gasteiger partial charge in [-0.05, 0) is 46.2 Å². The molecule has 3 rings (SSSR count). The van der Waals surface area contributed by atoms with E-state index in [4.69, 9.17) is 0 Å². The maximum Gasteiger partial charge on any atom is 0.416 e. The second-order valence-corrected chi connectivity index (χ2v) is 4.99. The Labute approximate surface area is 130 Å². The Hall–Kier alpha value is -3.04. The lowest BCUT2D eigenvalue weighted by Crippen LogP contribution is -2.07. The van der Waals surface area contributed by atoms with Crippen molar-refractivity contribution in [2.24, 2.45) is 0 Å². The average molecular weight is 341 g/mol. The van der Waals surface area contributed by atoms with Crippen LogP contribution in [0.15, 0.2) is 35.0 Å². The number of hydrogen-bond donors (Lipinski definition) is 0. The number of benzene rings is 2. The molecular weight excluding hydrogens is 334 g/mol. The monoisotopic (exact) mass is 341 g/mol. The summed E-state index contributed by atoms with van der Waals surface area (Å²) in [5.74, 6) is -1.08. The molecule has 0 bridgehead atoms. The number of nitro benzene ring substituents is 1. The van der Waals surface area contributed by atoms with Crippen LogP contribution in [-0.2, 0) is 12.6 Å². The first-order valence-electron chi connectivity index (χ1n) is 6.51. The van der Waals surface area contributed by atoms with Crippen molar-refractivity contribution in [1.82, 2.24) is 10.3 Å². The Kier molecular flexibility index (Phi) is 3.66. The van der Waals surface area contributed by atoms with Gasteiger partial charge < -0.3 is 0 Å². The second kappa shape index (κ2) is 5.55. The minimum absolute atomic E-state index is 0.0544. The van der Waals surface area contributed by atoms with Gasteiger partial charge in [0.2, 0.25) is 5.52 Å². The highest BCUT2D eigenvalue weighted by Gasteiger charge is 2.31. The number of rotatable bonds is 3. The highest BCUT2D eigenvalue weighted by Crippen LogP contribution is 2.33. The molecule has 0 aliphatic carbocycles. The summed E-state index contributed by atoms with van der Waals surface area (Å²) in [5.41, 5.74) is -1.57. The maximum atomic E-state index is 13.5. The largest absolute Gasteiger partial charge is 0.416 e. The van der Waals surface area contributed by atoms with E-state index in [-0.39, 0.29) is 28.6 Å². The van der Waals surface area contributed by atoms with Gasteiger partial charge in [0.15, 0.2) is 0 Å². The Bertz CT molecular complexity index is 937. The lowest BCUT2D eigenvalue weighted by atomic mass is 10.0. The van der Waals surface area contributed by atoms with Gasteiger partial charge in [-0.1, -0.05) is 0 Å². The van der Waals surface area contributed by atoms with E-state index in [1.165, 1.54) is 12.1 Å². The molecule has 0 N–H and O–H groups in total. The van der Waals surface area contributed by atoms with Crippen molar-refractivity contribution in [3.05, 3.63) is 63.0 Å². The van der Waals surface area contributed by atoms with Gasteiger partial charge in [0.1, 0.15) is 11.3 Å². The molecular formula is C14H7F4N3O3. The van der Waals surface area contributed by atoms with E-state index in [9.17, 15) is 27.7 Å². The van der Waals surface area contributed by atoms with Gasteiger partial charge in [0.25, 0.3) is 0 Å². The van der Waals surface area contributed by atoms with E-state index in [1.807, 2.05) is 0 Å². The minimum atomic E-state index is -4.72. The number of fused-ring (bicyclic) bond motifs is 1. The maximum absolute atomic E-state index is 13.5. The molecule has 10 heteroatoms. The van der Waals surface area contributed by atoms with Crippen LogP contribution >= 0.6 is 0 Å². The van der Waals surface area contributed by atoms with E-state index in [0.717, 1.165) is 12.1 Å². The number of nitrogens with zero attached hydrogens (tertiary/aromatic N) is 3. The molecule has 0 aliphatic rings. The highest BCUT2D eigenvalue weighted by atomic mass is 19.4. The molecule has 0 saturated carbocycles. The van der Waals surface area contributed by atoms with Crippen LogP contribution in [0.1, 0.15) is 16.7 Å². The summed E-state index contributed by atoms with van der Waals surface area (Å²) in [6.45, 7) is 0. The van der Waals surface area contributed by atoms with Crippen molar-refractivity contribution in [2.75, 3.05) is 0 Å². The summed E-state index contributed by atoms with van der Waals surface area (Å²) in [7, 11) is 0. The molecule has 0 atom stereocenters. The van der Waals surface area contributed by atoms with E-state index < -0.39 is 28.2 Å². The first kappa shape index (κ1) is 15.8. The van der Waals surface area contributed by atoms with Gasteiger partial charge in [-0.15, -0.1) is 0 Å². The molecule has 24 heavy (non-hydrogen) atoms. The first-order valence-corrected chi connectivity index (χ1v) is 6.51. The molecule has 6 nitrogen and oxygen atoms in total. The molecule has 0 fully saturated rings. The second-order valence-electron chi connectivity index (χ2n) is 4.99. The van der Waals surface area contributed by atoms with Crippen molar-refractivity contribution in [3.63, 3.8) is 0 Å². The normalized spacial score (nSPS) is 11.8. The predicted octanol–water partition coefficient (Wildman–Crippen LogP) is 3.88. The molecule has 1 aromatic heterocycles. The highest BCUT2D eigenvalue weighted by molar-refractivity contribution is 5.85. The summed E-state index contributed by atoms with van der Waals surface area (Å²) >= 11 is 0. The number of hydrogen-bond acceptors (Lipinski definition) is 5. The molecule has 0 unspecified atom stereocenters. The summed E-state index contributed by atoms with van der Waals surface area (Å²) in [6.07, 6.45) is -5.00. The molecule has 1 heterocycles. The summed E-state index contributed by atoms with van der Waals surface area (Å²) in [5, 5.41) is 18.2. The first-order chi connectivity index (χ1) is 11.3. The van der Waals surface area contributed by atoms with Crippen LogP contribution in [0, 0.1) is 15.9 Å². The van der Waals surface area contributed by atoms with Gasteiger partial charge in [0.05, 0.1) is 10.5 Å². The third-order valence-corrected chi connectivity index (χ3v) is 3.35. The van der Waals surface area contributed by atoms with Crippen LogP contribution in [0.3, 0.4) is 0 Å². The minimum Gasteiger partial charge on any atom is -0.258 e. The van der Waals surface area contributed by atoms with Gasteiger partial charge in [-0.25, -0.2) is 9.02 Å². The van der Waals surface area contributed by atoms with Crippen LogP contribution in [0.4, 0.5) is 23.2 Å². The summed E-state index contributed by atoms with van der Waals surface area (Å²) in [6, 6.07) is 4.71.